The van der Waals surface area contributed by atoms with E-state index in [0.717, 1.165) is 17.6 Å². The first kappa shape index (κ1) is 20.7. The minimum atomic E-state index is -4.34. The van der Waals surface area contributed by atoms with Gasteiger partial charge in [0, 0.05) is 43.9 Å². The molecule has 1 saturated heterocycles. The van der Waals surface area contributed by atoms with Crippen molar-refractivity contribution in [1.29, 1.82) is 0 Å². The first-order chi connectivity index (χ1) is 14.2. The second kappa shape index (κ2) is 7.63. The lowest BCUT2D eigenvalue weighted by Crippen LogP contribution is -2.37. The Kier molecular flexibility index (Phi) is 5.27. The van der Waals surface area contributed by atoms with Crippen molar-refractivity contribution in [3.63, 3.8) is 0 Å². The van der Waals surface area contributed by atoms with Gasteiger partial charge in [-0.15, -0.1) is 0 Å². The topological polar surface area (TPSA) is 68.0 Å². The number of nitrogens with one attached hydrogen (secondary N) is 1. The second-order valence-electron chi connectivity index (χ2n) is 8.37. The highest BCUT2D eigenvalue weighted by molar-refractivity contribution is 5.95. The number of alkyl halides is 3. The van der Waals surface area contributed by atoms with Crippen LogP contribution in [0, 0.1) is 6.92 Å². The van der Waals surface area contributed by atoms with Crippen LogP contribution in [0.4, 0.5) is 19.0 Å². The van der Waals surface area contributed by atoms with Gasteiger partial charge in [0.05, 0.1) is 17.0 Å². The fourth-order valence-electron chi connectivity index (χ4n) is 4.40. The molecule has 0 aliphatic carbocycles. The van der Waals surface area contributed by atoms with Gasteiger partial charge in [0.15, 0.2) is 6.04 Å². The smallest absolute Gasteiger partial charge is 0.368 e. The van der Waals surface area contributed by atoms with Gasteiger partial charge in [0.25, 0.3) is 5.91 Å². The number of fused-ring (bicyclic) bond motifs is 1. The zero-order chi connectivity index (χ0) is 21.6. The normalized spacial score (nSPS) is 24.1. The summed E-state index contributed by atoms with van der Waals surface area (Å²) in [5.41, 5.74) is 1.89. The molecule has 0 radical (unpaired) electrons. The maximum Gasteiger partial charge on any atom is 0.410 e. The Morgan fingerprint density at radius 2 is 2.10 bits per heavy atom. The number of amides is 1. The molecule has 0 unspecified atom stereocenters. The van der Waals surface area contributed by atoms with E-state index in [4.69, 9.17) is 0 Å². The number of carbonyl (C=O) groups is 1. The van der Waals surface area contributed by atoms with Gasteiger partial charge in [-0.25, -0.2) is 4.68 Å². The van der Waals surface area contributed by atoms with Gasteiger partial charge < -0.3 is 10.2 Å². The molecule has 0 saturated carbocycles. The van der Waals surface area contributed by atoms with Gasteiger partial charge in [-0.1, -0.05) is 6.92 Å². The van der Waals surface area contributed by atoms with Crippen LogP contribution in [0.2, 0.25) is 0 Å². The van der Waals surface area contributed by atoms with Gasteiger partial charge >= 0.3 is 6.18 Å². The van der Waals surface area contributed by atoms with Crippen molar-refractivity contribution in [2.24, 2.45) is 0 Å². The summed E-state index contributed by atoms with van der Waals surface area (Å²) in [7, 11) is 0. The van der Waals surface area contributed by atoms with Crippen molar-refractivity contribution in [1.82, 2.24) is 24.5 Å². The van der Waals surface area contributed by atoms with Gasteiger partial charge in [-0.3, -0.25) is 9.48 Å². The summed E-state index contributed by atoms with van der Waals surface area (Å²) < 4.78 is 43.3. The minimum absolute atomic E-state index is 0.0477. The molecule has 4 rings (SSSR count). The molecule has 2 aliphatic rings. The molecule has 2 aromatic rings. The molecule has 2 aromatic heterocycles. The van der Waals surface area contributed by atoms with E-state index >= 15 is 0 Å². The Hall–Kier alpha value is -2.52. The van der Waals surface area contributed by atoms with Crippen molar-refractivity contribution in [2.75, 3.05) is 18.4 Å². The van der Waals surface area contributed by atoms with Crippen LogP contribution in [-0.2, 0) is 6.54 Å². The number of nitrogens with zero attached hydrogens (tertiary/aromatic N) is 5. The van der Waals surface area contributed by atoms with E-state index in [9.17, 15) is 18.0 Å². The Balaban J connectivity index is 1.51. The fraction of sp³-hybridized carbons (Fsp3) is 0.650. The number of carbonyl (C=O) groups excluding carboxylic acids is 1. The molecule has 10 heteroatoms. The molecular weight excluding hydrogens is 397 g/mol. The van der Waals surface area contributed by atoms with Crippen LogP contribution in [0.3, 0.4) is 0 Å². The van der Waals surface area contributed by atoms with Crippen LogP contribution in [0.1, 0.15) is 66.8 Å². The monoisotopic (exact) mass is 424 g/mol. The van der Waals surface area contributed by atoms with E-state index in [-0.39, 0.29) is 24.3 Å². The van der Waals surface area contributed by atoms with Gasteiger partial charge in [0.2, 0.25) is 0 Å². The predicted octanol–water partition coefficient (Wildman–Crippen LogP) is 3.74. The summed E-state index contributed by atoms with van der Waals surface area (Å²) in [5.74, 6) is 0.234. The molecule has 7 nitrogen and oxygen atoms in total. The van der Waals surface area contributed by atoms with Gasteiger partial charge in [-0.05, 0) is 33.1 Å². The maximum atomic E-state index is 13.5. The van der Waals surface area contributed by atoms with E-state index < -0.39 is 12.2 Å². The van der Waals surface area contributed by atoms with Crippen molar-refractivity contribution in [3.05, 3.63) is 29.2 Å². The van der Waals surface area contributed by atoms with Crippen molar-refractivity contribution in [2.45, 2.75) is 70.8 Å². The summed E-state index contributed by atoms with van der Waals surface area (Å²) in [5, 5.41) is 11.8. The second-order valence-corrected chi connectivity index (χ2v) is 8.37. The van der Waals surface area contributed by atoms with Crippen LogP contribution in [-0.4, -0.2) is 55.7 Å². The molecule has 0 aromatic carbocycles. The van der Waals surface area contributed by atoms with E-state index in [1.807, 2.05) is 13.8 Å². The number of anilines is 1. The lowest BCUT2D eigenvalue weighted by atomic mass is 10.0. The maximum absolute atomic E-state index is 13.5. The summed E-state index contributed by atoms with van der Waals surface area (Å²) in [4.78, 5) is 14.7. The lowest BCUT2D eigenvalue weighted by molar-refractivity contribution is -0.173. The zero-order valence-corrected chi connectivity index (χ0v) is 17.4. The summed E-state index contributed by atoms with van der Waals surface area (Å²) >= 11 is 0. The van der Waals surface area contributed by atoms with Crippen LogP contribution in [0.5, 0.6) is 0 Å². The third kappa shape index (κ3) is 3.79. The van der Waals surface area contributed by atoms with E-state index in [1.54, 1.807) is 28.8 Å². The standard InChI is InChI=1S/C20H27F3N6O/c1-4-6-28-11-15(13(3)25-28)19(30)27-7-5-14(10-27)16-9-18-24-12(2)8-17(20(21,22)23)29(18)26-16/h9,11-12,14,17,24H,4-8,10H2,1-3H3/t12-,14-,17-/m1/s1. The highest BCUT2D eigenvalue weighted by Crippen LogP contribution is 2.40. The summed E-state index contributed by atoms with van der Waals surface area (Å²) in [6.07, 6.45) is -1.01. The third-order valence-corrected chi connectivity index (χ3v) is 5.92. The first-order valence-electron chi connectivity index (χ1n) is 10.4. The minimum Gasteiger partial charge on any atom is -0.368 e. The van der Waals surface area contributed by atoms with Crippen LogP contribution in [0.25, 0.3) is 0 Å². The molecule has 0 bridgehead atoms. The molecule has 2 aliphatic heterocycles. The number of aromatic nitrogens is 4. The predicted molar refractivity (Wildman–Crippen MR) is 106 cm³/mol. The average molecular weight is 424 g/mol. The summed E-state index contributed by atoms with van der Waals surface area (Å²) in [6.45, 7) is 7.36. The number of halogens is 3. The number of hydrogen-bond acceptors (Lipinski definition) is 4. The molecule has 30 heavy (non-hydrogen) atoms. The Morgan fingerprint density at radius 1 is 1.33 bits per heavy atom. The van der Waals surface area contributed by atoms with Crippen molar-refractivity contribution >= 4 is 11.7 Å². The fourth-order valence-corrected chi connectivity index (χ4v) is 4.40. The van der Waals surface area contributed by atoms with Crippen LogP contribution >= 0.6 is 0 Å². The Morgan fingerprint density at radius 3 is 2.80 bits per heavy atom. The highest BCUT2D eigenvalue weighted by Gasteiger charge is 2.46. The average Bonchev–Trinajstić information content (AvgIpc) is 3.37. The molecule has 164 valence electrons. The zero-order valence-electron chi connectivity index (χ0n) is 17.4. The largest absolute Gasteiger partial charge is 0.410 e. The van der Waals surface area contributed by atoms with Crippen LogP contribution in [0.15, 0.2) is 12.3 Å². The third-order valence-electron chi connectivity index (χ3n) is 5.92. The number of likely N-dealkylation sites (tertiary alicyclic amines) is 1. The van der Waals surface area contributed by atoms with Crippen molar-refractivity contribution in [3.8, 4) is 0 Å². The Bertz CT molecular complexity index is 934. The molecule has 3 atom stereocenters. The molecule has 1 N–H and O–H groups in total. The first-order valence-corrected chi connectivity index (χ1v) is 10.4. The van der Waals surface area contributed by atoms with E-state index in [0.29, 0.717) is 42.3 Å². The Labute approximate surface area is 173 Å². The van der Waals surface area contributed by atoms with E-state index in [2.05, 4.69) is 15.5 Å². The quantitative estimate of drug-likeness (QED) is 0.812. The number of hydrogen-bond donors (Lipinski definition) is 1. The molecular formula is C20H27F3N6O. The lowest BCUT2D eigenvalue weighted by Gasteiger charge is -2.31. The number of rotatable bonds is 4. The van der Waals surface area contributed by atoms with Crippen molar-refractivity contribution < 1.29 is 18.0 Å². The van der Waals surface area contributed by atoms with E-state index in [1.165, 1.54) is 0 Å². The highest BCUT2D eigenvalue weighted by atomic mass is 19.4. The SMILES string of the molecule is CCCn1cc(C(=O)N2CC[C@@H](c3cc4n(n3)[C@@H](C(F)(F)F)C[C@@H](C)N4)C2)c(C)n1. The molecule has 4 heterocycles. The van der Waals surface area contributed by atoms with Gasteiger partial charge in [-0.2, -0.15) is 23.4 Å². The molecule has 1 fully saturated rings. The van der Waals surface area contributed by atoms with Gasteiger partial charge in [0.1, 0.15) is 5.82 Å². The summed E-state index contributed by atoms with van der Waals surface area (Å²) in [6, 6.07) is -0.195. The molecule has 0 spiro atoms. The van der Waals surface area contributed by atoms with Crippen LogP contribution < -0.4 is 5.32 Å². The number of aryl methyl sites for hydroxylation is 2. The molecule has 1 amide bonds.